The predicted octanol–water partition coefficient (Wildman–Crippen LogP) is 2.68. The monoisotopic (exact) mass is 312 g/mol. The van der Waals surface area contributed by atoms with E-state index in [9.17, 15) is 28.4 Å². The Labute approximate surface area is 112 Å². The van der Waals surface area contributed by atoms with Gasteiger partial charge in [-0.05, 0) is 12.1 Å². The molecule has 0 radical (unpaired) electrons. The van der Waals surface area contributed by atoms with E-state index in [1.165, 1.54) is 0 Å². The van der Waals surface area contributed by atoms with Gasteiger partial charge in [-0.15, -0.1) is 4.73 Å². The van der Waals surface area contributed by atoms with Gasteiger partial charge < -0.3 is 10.4 Å². The van der Waals surface area contributed by atoms with Crippen LogP contribution in [0, 0.1) is 4.64 Å². The van der Waals surface area contributed by atoms with E-state index in [0.29, 0.717) is 6.07 Å². The minimum atomic E-state index is -4.77. The van der Waals surface area contributed by atoms with Crippen molar-refractivity contribution < 1.29 is 23.6 Å². The molecular formula is C9H4ClF3N2O3S. The van der Waals surface area contributed by atoms with Gasteiger partial charge in [0.05, 0.1) is 10.6 Å². The Kier molecular flexibility index (Phi) is 2.98. The van der Waals surface area contributed by atoms with Gasteiger partial charge in [0, 0.05) is 0 Å². The molecule has 19 heavy (non-hydrogen) atoms. The first-order valence-corrected chi connectivity index (χ1v) is 5.40. The molecule has 0 bridgehead atoms. The molecule has 1 aromatic heterocycles. The van der Waals surface area contributed by atoms with Crippen molar-refractivity contribution in [3.8, 4) is 0 Å². The Morgan fingerprint density at radius 1 is 1.16 bits per heavy atom. The second-order valence-electron chi connectivity index (χ2n) is 3.55. The zero-order valence-electron chi connectivity index (χ0n) is 8.77. The molecule has 0 saturated heterocycles. The lowest BCUT2D eigenvalue weighted by molar-refractivity contribution is -0.137. The Morgan fingerprint density at radius 2 is 1.68 bits per heavy atom. The van der Waals surface area contributed by atoms with Crippen molar-refractivity contribution in [1.29, 1.82) is 0 Å². The predicted molar refractivity (Wildman–Crippen MR) is 61.4 cm³/mol. The molecule has 0 fully saturated rings. The van der Waals surface area contributed by atoms with E-state index >= 15 is 0 Å². The Balaban J connectivity index is 3.04. The number of fused-ring (bicyclic) bond motifs is 1. The summed E-state index contributed by atoms with van der Waals surface area (Å²) in [5.74, 6) is 0. The Morgan fingerprint density at radius 3 is 2.21 bits per heavy atom. The first-order valence-electron chi connectivity index (χ1n) is 4.61. The maximum absolute atomic E-state index is 12.6. The molecule has 2 N–H and O–H groups in total. The van der Waals surface area contributed by atoms with Crippen molar-refractivity contribution in [2.75, 3.05) is 0 Å². The molecule has 0 amide bonds. The fourth-order valence-corrected chi connectivity index (χ4v) is 1.96. The zero-order chi connectivity index (χ0) is 14.5. The number of halogens is 4. The lowest BCUT2D eigenvalue weighted by atomic mass is 10.2. The van der Waals surface area contributed by atoms with Crippen molar-refractivity contribution >= 4 is 34.9 Å². The van der Waals surface area contributed by atoms with Crippen LogP contribution in [0.3, 0.4) is 0 Å². The highest BCUT2D eigenvalue weighted by molar-refractivity contribution is 7.71. The lowest BCUT2D eigenvalue weighted by Gasteiger charge is -2.12. The van der Waals surface area contributed by atoms with Crippen LogP contribution in [0.15, 0.2) is 16.9 Å². The van der Waals surface area contributed by atoms with Crippen LogP contribution in [0.25, 0.3) is 11.0 Å². The molecule has 1 aromatic carbocycles. The summed E-state index contributed by atoms with van der Waals surface area (Å²) in [5.41, 5.74) is -3.37. The van der Waals surface area contributed by atoms with E-state index < -0.39 is 32.5 Å². The summed E-state index contributed by atoms with van der Waals surface area (Å²) in [6, 6.07) is 1.20. The van der Waals surface area contributed by atoms with E-state index in [1.807, 2.05) is 0 Å². The van der Waals surface area contributed by atoms with Crippen LogP contribution in [0.4, 0.5) is 13.2 Å². The summed E-state index contributed by atoms with van der Waals surface area (Å²) in [6.07, 6.45) is -4.77. The highest BCUT2D eigenvalue weighted by atomic mass is 35.5. The number of benzene rings is 1. The van der Waals surface area contributed by atoms with E-state index in [0.717, 1.165) is 6.07 Å². The fraction of sp³-hybridized carbons (Fsp3) is 0.111. The average Bonchev–Trinajstić information content (AvgIpc) is 2.31. The summed E-state index contributed by atoms with van der Waals surface area (Å²) < 4.78 is 37.4. The van der Waals surface area contributed by atoms with Gasteiger partial charge in [-0.1, -0.05) is 23.8 Å². The standard InChI is InChI=1S/C9H4ClF3N2O3S/c10-4-2-6-5(1-3(4)9(11,12)13)14(17)7(16)8(19)15(6)18/h1-2,17-18H. The quantitative estimate of drug-likeness (QED) is 0.580. The molecule has 0 aliphatic carbocycles. The molecule has 0 saturated carbocycles. The number of hydrogen-bond acceptors (Lipinski definition) is 4. The van der Waals surface area contributed by atoms with Crippen LogP contribution < -0.4 is 5.56 Å². The second-order valence-corrected chi connectivity index (χ2v) is 4.35. The number of rotatable bonds is 0. The molecule has 102 valence electrons. The average molecular weight is 313 g/mol. The first-order chi connectivity index (χ1) is 8.64. The molecule has 2 rings (SSSR count). The summed E-state index contributed by atoms with van der Waals surface area (Å²) in [4.78, 5) is 11.4. The third kappa shape index (κ3) is 2.04. The van der Waals surface area contributed by atoms with Gasteiger partial charge in [0.1, 0.15) is 11.0 Å². The minimum absolute atomic E-state index is 0.0735. The maximum atomic E-state index is 12.6. The zero-order valence-corrected chi connectivity index (χ0v) is 10.3. The molecule has 0 atom stereocenters. The van der Waals surface area contributed by atoms with Gasteiger partial charge in [-0.2, -0.15) is 17.9 Å². The molecule has 1 heterocycles. The summed E-state index contributed by atoms with van der Waals surface area (Å²) in [6.45, 7) is 0. The van der Waals surface area contributed by atoms with Gasteiger partial charge >= 0.3 is 11.7 Å². The van der Waals surface area contributed by atoms with Gasteiger partial charge in [0.15, 0.2) is 0 Å². The van der Waals surface area contributed by atoms with E-state index in [1.54, 1.807) is 0 Å². The van der Waals surface area contributed by atoms with Crippen LogP contribution in [0.2, 0.25) is 5.02 Å². The number of aromatic nitrogens is 2. The molecule has 0 unspecified atom stereocenters. The lowest BCUT2D eigenvalue weighted by Crippen LogP contribution is -2.24. The smallest absolute Gasteiger partial charge is 0.417 e. The van der Waals surface area contributed by atoms with Crippen LogP contribution in [-0.2, 0) is 6.18 Å². The number of alkyl halides is 3. The normalized spacial score (nSPS) is 12.0. The highest BCUT2D eigenvalue weighted by Crippen LogP contribution is 2.36. The van der Waals surface area contributed by atoms with Crippen LogP contribution in [-0.4, -0.2) is 19.9 Å². The maximum Gasteiger partial charge on any atom is 0.417 e. The largest absolute Gasteiger partial charge is 0.427 e. The Hall–Kier alpha value is -1.74. The second kappa shape index (κ2) is 4.14. The molecule has 0 aliphatic heterocycles. The third-order valence-electron chi connectivity index (χ3n) is 2.39. The van der Waals surface area contributed by atoms with Crippen molar-refractivity contribution in [3.05, 3.63) is 37.7 Å². The summed E-state index contributed by atoms with van der Waals surface area (Å²) >= 11 is 9.97. The van der Waals surface area contributed by atoms with Crippen molar-refractivity contribution in [3.63, 3.8) is 0 Å². The Bertz CT molecular complexity index is 796. The van der Waals surface area contributed by atoms with E-state index in [4.69, 9.17) is 11.6 Å². The molecule has 5 nitrogen and oxygen atoms in total. The summed E-state index contributed by atoms with van der Waals surface area (Å²) in [7, 11) is 0. The molecular weight excluding hydrogens is 309 g/mol. The molecule has 10 heteroatoms. The SMILES string of the molecule is O=c1c(=S)n(O)c2cc(Cl)c(C(F)(F)F)cc2n1O. The topological polar surface area (TPSA) is 67.4 Å². The van der Waals surface area contributed by atoms with E-state index in [-0.39, 0.29) is 15.0 Å². The number of nitrogens with zero attached hydrogens (tertiary/aromatic N) is 2. The molecule has 0 aliphatic rings. The van der Waals surface area contributed by atoms with Gasteiger partial charge in [-0.3, -0.25) is 4.79 Å². The molecule has 0 spiro atoms. The van der Waals surface area contributed by atoms with Crippen molar-refractivity contribution in [2.24, 2.45) is 0 Å². The van der Waals surface area contributed by atoms with Crippen LogP contribution in [0.1, 0.15) is 5.56 Å². The number of hydrogen-bond donors (Lipinski definition) is 2. The summed E-state index contributed by atoms with van der Waals surface area (Å²) in [5, 5.41) is 18.3. The van der Waals surface area contributed by atoms with Gasteiger partial charge in [0.25, 0.3) is 0 Å². The van der Waals surface area contributed by atoms with Crippen LogP contribution in [0.5, 0.6) is 0 Å². The van der Waals surface area contributed by atoms with Crippen LogP contribution >= 0.6 is 23.8 Å². The highest BCUT2D eigenvalue weighted by Gasteiger charge is 2.34. The van der Waals surface area contributed by atoms with Gasteiger partial charge in [0.2, 0.25) is 4.64 Å². The third-order valence-corrected chi connectivity index (χ3v) is 3.05. The minimum Gasteiger partial charge on any atom is -0.427 e. The first kappa shape index (κ1) is 13.7. The van der Waals surface area contributed by atoms with Crippen molar-refractivity contribution in [1.82, 2.24) is 9.46 Å². The van der Waals surface area contributed by atoms with Crippen molar-refractivity contribution in [2.45, 2.75) is 6.18 Å². The fourth-order valence-electron chi connectivity index (χ4n) is 1.51. The van der Waals surface area contributed by atoms with Gasteiger partial charge in [-0.25, -0.2) is 0 Å². The molecule has 2 aromatic rings. The van der Waals surface area contributed by atoms with E-state index in [2.05, 4.69) is 12.2 Å².